The standard InChI is InChI=1S/C8H5N3O2/c1-2-5-3-9-8-7(10-5)11-6(12)4-13-8/h1,3H,4H2,(H,10,11,12). The number of nitrogens with zero attached hydrogens (tertiary/aromatic N) is 2. The van der Waals surface area contributed by atoms with Gasteiger partial charge in [0.1, 0.15) is 5.69 Å². The molecule has 0 aromatic carbocycles. The molecule has 1 aliphatic rings. The molecule has 0 spiro atoms. The lowest BCUT2D eigenvalue weighted by molar-refractivity contribution is -0.118. The fourth-order valence-electron chi connectivity index (χ4n) is 0.937. The van der Waals surface area contributed by atoms with Gasteiger partial charge in [-0.2, -0.15) is 0 Å². The minimum atomic E-state index is -0.254. The predicted octanol–water partition coefficient (Wildman–Crippen LogP) is -0.211. The number of aromatic nitrogens is 2. The summed E-state index contributed by atoms with van der Waals surface area (Å²) in [5, 5.41) is 2.50. The fraction of sp³-hybridized carbons (Fsp3) is 0.125. The van der Waals surface area contributed by atoms with Crippen molar-refractivity contribution in [2.75, 3.05) is 11.9 Å². The van der Waals surface area contributed by atoms with E-state index in [2.05, 4.69) is 21.2 Å². The van der Waals surface area contributed by atoms with E-state index in [1.807, 2.05) is 0 Å². The van der Waals surface area contributed by atoms with Gasteiger partial charge in [-0.25, -0.2) is 9.97 Å². The molecule has 0 bridgehead atoms. The predicted molar refractivity (Wildman–Crippen MR) is 44.1 cm³/mol. The van der Waals surface area contributed by atoms with Crippen LogP contribution in [-0.4, -0.2) is 22.5 Å². The Hall–Kier alpha value is -2.09. The summed E-state index contributed by atoms with van der Waals surface area (Å²) in [7, 11) is 0. The van der Waals surface area contributed by atoms with Crippen LogP contribution in [0.15, 0.2) is 6.20 Å². The highest BCUT2D eigenvalue weighted by atomic mass is 16.5. The Bertz CT molecular complexity index is 408. The Labute approximate surface area is 74.1 Å². The Morgan fingerprint density at radius 2 is 2.54 bits per heavy atom. The van der Waals surface area contributed by atoms with Crippen molar-refractivity contribution in [3.8, 4) is 18.2 Å². The number of amides is 1. The van der Waals surface area contributed by atoms with Gasteiger partial charge in [-0.3, -0.25) is 4.79 Å². The number of hydrogen-bond donors (Lipinski definition) is 1. The van der Waals surface area contributed by atoms with Gasteiger partial charge in [0.05, 0.1) is 6.20 Å². The molecular formula is C8H5N3O2. The SMILES string of the molecule is C#Cc1cnc2c(n1)NC(=O)CO2. The molecule has 1 amide bonds. The normalized spacial score (nSPS) is 13.6. The van der Waals surface area contributed by atoms with Crippen LogP contribution in [0.5, 0.6) is 5.88 Å². The average Bonchev–Trinajstić information content (AvgIpc) is 2.16. The Balaban J connectivity index is 2.45. The summed E-state index contributed by atoms with van der Waals surface area (Å²) in [5.74, 6) is 2.65. The Morgan fingerprint density at radius 1 is 1.69 bits per heavy atom. The highest BCUT2D eigenvalue weighted by molar-refractivity contribution is 5.93. The second-order valence-corrected chi connectivity index (χ2v) is 2.39. The maximum atomic E-state index is 10.9. The summed E-state index contributed by atoms with van der Waals surface area (Å²) in [4.78, 5) is 18.7. The number of anilines is 1. The molecule has 13 heavy (non-hydrogen) atoms. The number of nitrogens with one attached hydrogen (secondary N) is 1. The zero-order valence-corrected chi connectivity index (χ0v) is 6.57. The molecular weight excluding hydrogens is 170 g/mol. The first-order chi connectivity index (χ1) is 6.29. The van der Waals surface area contributed by atoms with Crippen molar-refractivity contribution in [3.05, 3.63) is 11.9 Å². The first-order valence-corrected chi connectivity index (χ1v) is 3.56. The summed E-state index contributed by atoms with van der Waals surface area (Å²) >= 11 is 0. The molecule has 0 saturated carbocycles. The molecule has 1 aliphatic heterocycles. The van der Waals surface area contributed by atoms with Gasteiger partial charge in [-0.1, -0.05) is 0 Å². The fourth-order valence-corrected chi connectivity index (χ4v) is 0.937. The molecule has 5 nitrogen and oxygen atoms in total. The highest BCUT2D eigenvalue weighted by Gasteiger charge is 2.18. The van der Waals surface area contributed by atoms with E-state index in [9.17, 15) is 4.79 Å². The average molecular weight is 175 g/mol. The second-order valence-electron chi connectivity index (χ2n) is 2.39. The summed E-state index contributed by atoms with van der Waals surface area (Å²) in [5.41, 5.74) is 0.365. The van der Waals surface area contributed by atoms with Gasteiger partial charge < -0.3 is 10.1 Å². The quantitative estimate of drug-likeness (QED) is 0.554. The molecule has 0 atom stereocenters. The van der Waals surface area contributed by atoms with E-state index >= 15 is 0 Å². The van der Waals surface area contributed by atoms with Crippen LogP contribution < -0.4 is 10.1 Å². The Kier molecular flexibility index (Phi) is 1.60. The van der Waals surface area contributed by atoms with Crippen LogP contribution in [0.2, 0.25) is 0 Å². The topological polar surface area (TPSA) is 64.1 Å². The number of fused-ring (bicyclic) bond motifs is 1. The van der Waals surface area contributed by atoms with Crippen LogP contribution in [0, 0.1) is 12.3 Å². The summed E-state index contributed by atoms with van der Waals surface area (Å²) in [6.07, 6.45) is 6.52. The van der Waals surface area contributed by atoms with Gasteiger partial charge in [-0.15, -0.1) is 6.42 Å². The van der Waals surface area contributed by atoms with Crippen molar-refractivity contribution in [1.29, 1.82) is 0 Å². The summed E-state index contributed by atoms with van der Waals surface area (Å²) < 4.78 is 4.98. The summed E-state index contributed by atoms with van der Waals surface area (Å²) in [6.45, 7) is -0.0307. The highest BCUT2D eigenvalue weighted by Crippen LogP contribution is 2.21. The molecule has 0 fully saturated rings. The van der Waals surface area contributed by atoms with Crippen LogP contribution >= 0.6 is 0 Å². The van der Waals surface area contributed by atoms with Crippen LogP contribution in [-0.2, 0) is 4.79 Å². The van der Waals surface area contributed by atoms with Crippen molar-refractivity contribution in [2.24, 2.45) is 0 Å². The second kappa shape index (κ2) is 2.75. The third-order valence-electron chi connectivity index (χ3n) is 1.48. The van der Waals surface area contributed by atoms with Gasteiger partial charge in [0, 0.05) is 0 Å². The van der Waals surface area contributed by atoms with E-state index in [0.717, 1.165) is 0 Å². The van der Waals surface area contributed by atoms with Gasteiger partial charge in [-0.05, 0) is 5.92 Å². The molecule has 1 aromatic rings. The van der Waals surface area contributed by atoms with Crippen molar-refractivity contribution in [1.82, 2.24) is 9.97 Å². The minimum Gasteiger partial charge on any atom is -0.465 e. The van der Waals surface area contributed by atoms with Gasteiger partial charge in [0.15, 0.2) is 12.4 Å². The lowest BCUT2D eigenvalue weighted by Gasteiger charge is -2.14. The maximum absolute atomic E-state index is 10.9. The molecule has 0 radical (unpaired) electrons. The number of rotatable bonds is 0. The minimum absolute atomic E-state index is 0.0307. The van der Waals surface area contributed by atoms with Crippen molar-refractivity contribution < 1.29 is 9.53 Å². The first-order valence-electron chi connectivity index (χ1n) is 3.56. The monoisotopic (exact) mass is 175 g/mol. The Morgan fingerprint density at radius 3 is 3.31 bits per heavy atom. The van der Waals surface area contributed by atoms with Gasteiger partial charge in [0.25, 0.3) is 11.8 Å². The zero-order chi connectivity index (χ0) is 9.26. The van der Waals surface area contributed by atoms with Crippen LogP contribution in [0.25, 0.3) is 0 Å². The van der Waals surface area contributed by atoms with E-state index in [1.54, 1.807) is 0 Å². The molecule has 0 saturated heterocycles. The first kappa shape index (κ1) is 7.55. The number of carbonyl (C=O) groups is 1. The van der Waals surface area contributed by atoms with Gasteiger partial charge >= 0.3 is 0 Å². The molecule has 0 unspecified atom stereocenters. The molecule has 2 rings (SSSR count). The van der Waals surface area contributed by atoms with E-state index < -0.39 is 0 Å². The number of carbonyl (C=O) groups excluding carboxylic acids is 1. The van der Waals surface area contributed by atoms with Crippen molar-refractivity contribution in [2.45, 2.75) is 0 Å². The van der Waals surface area contributed by atoms with Crippen LogP contribution in [0.4, 0.5) is 5.82 Å². The van der Waals surface area contributed by atoms with E-state index in [-0.39, 0.29) is 18.3 Å². The lowest BCUT2D eigenvalue weighted by atomic mass is 10.4. The zero-order valence-electron chi connectivity index (χ0n) is 6.57. The third-order valence-corrected chi connectivity index (χ3v) is 1.48. The molecule has 2 heterocycles. The number of ether oxygens (including phenoxy) is 1. The smallest absolute Gasteiger partial charge is 0.263 e. The van der Waals surface area contributed by atoms with Crippen LogP contribution in [0.3, 0.4) is 0 Å². The lowest BCUT2D eigenvalue weighted by Crippen LogP contribution is -2.26. The summed E-state index contributed by atoms with van der Waals surface area (Å²) in [6, 6.07) is 0. The number of hydrogen-bond acceptors (Lipinski definition) is 4. The number of terminal acetylenes is 1. The van der Waals surface area contributed by atoms with Crippen molar-refractivity contribution >= 4 is 11.7 Å². The molecule has 64 valence electrons. The largest absolute Gasteiger partial charge is 0.465 e. The molecule has 0 aliphatic carbocycles. The van der Waals surface area contributed by atoms with Gasteiger partial charge in [0.2, 0.25) is 0 Å². The van der Waals surface area contributed by atoms with E-state index in [1.165, 1.54) is 6.20 Å². The molecule has 1 N–H and O–H groups in total. The van der Waals surface area contributed by atoms with Crippen molar-refractivity contribution in [3.63, 3.8) is 0 Å². The maximum Gasteiger partial charge on any atom is 0.263 e. The molecule has 1 aromatic heterocycles. The third kappa shape index (κ3) is 1.29. The van der Waals surface area contributed by atoms with E-state index in [4.69, 9.17) is 11.2 Å². The van der Waals surface area contributed by atoms with Crippen LogP contribution in [0.1, 0.15) is 5.69 Å². The molecule has 5 heteroatoms. The van der Waals surface area contributed by atoms with E-state index in [0.29, 0.717) is 11.6 Å².